The van der Waals surface area contributed by atoms with Crippen LogP contribution in [0.15, 0.2) is 84.9 Å². The Hall–Kier alpha value is -3.66. The van der Waals surface area contributed by atoms with E-state index >= 15 is 0 Å². The molecule has 4 heteroatoms. The molecule has 0 spiro atoms. The molecule has 1 aromatic heterocycles. The molecule has 1 heterocycles. The van der Waals surface area contributed by atoms with Gasteiger partial charge in [0.15, 0.2) is 5.78 Å². The summed E-state index contributed by atoms with van der Waals surface area (Å²) in [5.41, 5.74) is 3.75. The second-order valence-electron chi connectivity index (χ2n) is 6.46. The first-order chi connectivity index (χ1) is 13.7. The molecule has 4 rings (SSSR count). The maximum Gasteiger partial charge on any atom is 0.185 e. The van der Waals surface area contributed by atoms with Crippen LogP contribution in [0.2, 0.25) is 0 Å². The minimum Gasteiger partial charge on any atom is -0.497 e. The molecule has 0 aliphatic carbocycles. The van der Waals surface area contributed by atoms with Crippen LogP contribution in [0.3, 0.4) is 0 Å². The van der Waals surface area contributed by atoms with Gasteiger partial charge in [0.05, 0.1) is 18.1 Å². The number of hydrogen-bond acceptors (Lipinski definition) is 3. The highest BCUT2D eigenvalue weighted by Gasteiger charge is 2.10. The van der Waals surface area contributed by atoms with Crippen molar-refractivity contribution in [3.8, 4) is 5.75 Å². The van der Waals surface area contributed by atoms with Crippen molar-refractivity contribution in [2.75, 3.05) is 7.11 Å². The van der Waals surface area contributed by atoms with Crippen LogP contribution in [0.25, 0.3) is 17.1 Å². The van der Waals surface area contributed by atoms with E-state index in [9.17, 15) is 4.79 Å². The Balaban J connectivity index is 1.66. The first-order valence-electron chi connectivity index (χ1n) is 9.10. The van der Waals surface area contributed by atoms with Crippen molar-refractivity contribution in [2.45, 2.75) is 6.54 Å². The zero-order valence-electron chi connectivity index (χ0n) is 15.6. The smallest absolute Gasteiger partial charge is 0.185 e. The summed E-state index contributed by atoms with van der Waals surface area (Å²) in [7, 11) is 1.61. The van der Waals surface area contributed by atoms with Crippen LogP contribution in [-0.2, 0) is 6.54 Å². The van der Waals surface area contributed by atoms with E-state index in [4.69, 9.17) is 9.72 Å². The SMILES string of the molecule is COc1ccc(C(=O)/C=C/c2nc3ccccc3n2Cc2ccccc2)cc1. The number of carbonyl (C=O) groups is 1. The van der Waals surface area contributed by atoms with E-state index in [-0.39, 0.29) is 5.78 Å². The van der Waals surface area contributed by atoms with E-state index in [1.807, 2.05) is 42.5 Å². The molecular formula is C24H20N2O2. The number of para-hydroxylation sites is 2. The van der Waals surface area contributed by atoms with Crippen molar-refractivity contribution >= 4 is 22.9 Å². The molecular weight excluding hydrogens is 348 g/mol. The predicted octanol–water partition coefficient (Wildman–Crippen LogP) is 4.99. The zero-order chi connectivity index (χ0) is 19.3. The molecule has 0 aliphatic rings. The minimum absolute atomic E-state index is 0.0685. The lowest BCUT2D eigenvalue weighted by molar-refractivity contribution is 0.104. The Labute approximate surface area is 163 Å². The van der Waals surface area contributed by atoms with E-state index in [1.54, 1.807) is 43.5 Å². The van der Waals surface area contributed by atoms with Gasteiger partial charge in [-0.1, -0.05) is 42.5 Å². The highest BCUT2D eigenvalue weighted by Crippen LogP contribution is 2.19. The van der Waals surface area contributed by atoms with Gasteiger partial charge in [0, 0.05) is 12.1 Å². The van der Waals surface area contributed by atoms with Crippen molar-refractivity contribution in [1.29, 1.82) is 0 Å². The maximum atomic E-state index is 12.5. The monoisotopic (exact) mass is 368 g/mol. The molecule has 0 radical (unpaired) electrons. The number of fused-ring (bicyclic) bond motifs is 1. The minimum atomic E-state index is -0.0685. The molecule has 0 fully saturated rings. The highest BCUT2D eigenvalue weighted by molar-refractivity contribution is 6.06. The normalized spacial score (nSPS) is 11.2. The number of hydrogen-bond donors (Lipinski definition) is 0. The van der Waals surface area contributed by atoms with Crippen LogP contribution >= 0.6 is 0 Å². The van der Waals surface area contributed by atoms with Gasteiger partial charge in [-0.15, -0.1) is 0 Å². The molecule has 0 unspecified atom stereocenters. The molecule has 0 atom stereocenters. The molecule has 138 valence electrons. The topological polar surface area (TPSA) is 44.1 Å². The average Bonchev–Trinajstić information content (AvgIpc) is 3.10. The third kappa shape index (κ3) is 3.71. The number of aromatic nitrogens is 2. The highest BCUT2D eigenvalue weighted by atomic mass is 16.5. The number of ketones is 1. The molecule has 28 heavy (non-hydrogen) atoms. The van der Waals surface area contributed by atoms with Crippen LogP contribution in [0.5, 0.6) is 5.75 Å². The quantitative estimate of drug-likeness (QED) is 0.356. The first kappa shape index (κ1) is 17.7. The van der Waals surface area contributed by atoms with Gasteiger partial charge in [-0.2, -0.15) is 0 Å². The molecule has 4 aromatic rings. The summed E-state index contributed by atoms with van der Waals surface area (Å²) < 4.78 is 7.27. The fourth-order valence-corrected chi connectivity index (χ4v) is 3.16. The van der Waals surface area contributed by atoms with Crippen LogP contribution < -0.4 is 4.74 Å². The Morgan fingerprint density at radius 2 is 1.68 bits per heavy atom. The Bertz CT molecular complexity index is 1130. The van der Waals surface area contributed by atoms with Crippen molar-refractivity contribution in [3.63, 3.8) is 0 Å². The Morgan fingerprint density at radius 1 is 0.964 bits per heavy atom. The largest absolute Gasteiger partial charge is 0.497 e. The summed E-state index contributed by atoms with van der Waals surface area (Å²) in [6.07, 6.45) is 3.36. The van der Waals surface area contributed by atoms with E-state index in [2.05, 4.69) is 16.7 Å². The second kappa shape index (κ2) is 7.92. The standard InChI is InChI=1S/C24H20N2O2/c1-28-20-13-11-19(12-14-20)23(27)15-16-24-25-21-9-5-6-10-22(21)26(24)17-18-7-3-2-4-8-18/h2-16H,17H2,1H3/b16-15+. The van der Waals surface area contributed by atoms with Gasteiger partial charge >= 0.3 is 0 Å². The van der Waals surface area contributed by atoms with E-state index in [0.29, 0.717) is 12.1 Å². The molecule has 3 aromatic carbocycles. The lowest BCUT2D eigenvalue weighted by Crippen LogP contribution is -2.02. The lowest BCUT2D eigenvalue weighted by Gasteiger charge is -2.07. The number of methoxy groups -OCH3 is 1. The Morgan fingerprint density at radius 3 is 2.43 bits per heavy atom. The van der Waals surface area contributed by atoms with Crippen LogP contribution in [0, 0.1) is 0 Å². The number of allylic oxidation sites excluding steroid dienone is 1. The molecule has 0 saturated carbocycles. The van der Waals surface area contributed by atoms with Crippen LogP contribution in [0.1, 0.15) is 21.7 Å². The van der Waals surface area contributed by atoms with E-state index in [0.717, 1.165) is 22.6 Å². The molecule has 0 N–H and O–H groups in total. The van der Waals surface area contributed by atoms with Crippen molar-refractivity contribution < 1.29 is 9.53 Å². The average molecular weight is 368 g/mol. The third-order valence-corrected chi connectivity index (χ3v) is 4.63. The van der Waals surface area contributed by atoms with Gasteiger partial charge < -0.3 is 9.30 Å². The fraction of sp³-hybridized carbons (Fsp3) is 0.0833. The molecule has 0 amide bonds. The van der Waals surface area contributed by atoms with Crippen molar-refractivity contribution in [2.24, 2.45) is 0 Å². The van der Waals surface area contributed by atoms with Crippen LogP contribution in [-0.4, -0.2) is 22.4 Å². The fourth-order valence-electron chi connectivity index (χ4n) is 3.16. The number of carbonyl (C=O) groups excluding carboxylic acids is 1. The summed E-state index contributed by atoms with van der Waals surface area (Å²) >= 11 is 0. The number of imidazole rings is 1. The van der Waals surface area contributed by atoms with Gasteiger partial charge in [0.2, 0.25) is 0 Å². The zero-order valence-corrected chi connectivity index (χ0v) is 15.6. The van der Waals surface area contributed by atoms with E-state index < -0.39 is 0 Å². The first-order valence-corrected chi connectivity index (χ1v) is 9.10. The van der Waals surface area contributed by atoms with Crippen LogP contribution in [0.4, 0.5) is 0 Å². The third-order valence-electron chi connectivity index (χ3n) is 4.63. The molecule has 4 nitrogen and oxygen atoms in total. The number of ether oxygens (including phenoxy) is 1. The number of benzene rings is 3. The summed E-state index contributed by atoms with van der Waals surface area (Å²) in [4.78, 5) is 17.2. The van der Waals surface area contributed by atoms with Crippen molar-refractivity contribution in [3.05, 3.63) is 102 Å². The van der Waals surface area contributed by atoms with Gasteiger partial charge in [-0.3, -0.25) is 4.79 Å². The van der Waals surface area contributed by atoms with Gasteiger partial charge in [-0.25, -0.2) is 4.98 Å². The summed E-state index contributed by atoms with van der Waals surface area (Å²) in [6.45, 7) is 0.692. The van der Waals surface area contributed by atoms with Crippen molar-refractivity contribution in [1.82, 2.24) is 9.55 Å². The summed E-state index contributed by atoms with van der Waals surface area (Å²) in [5, 5.41) is 0. The Kier molecular flexibility index (Phi) is 5.02. The number of nitrogens with zero attached hydrogens (tertiary/aromatic N) is 2. The number of rotatable bonds is 6. The molecule has 0 bridgehead atoms. The second-order valence-corrected chi connectivity index (χ2v) is 6.46. The summed E-state index contributed by atoms with van der Waals surface area (Å²) in [6, 6.07) is 25.3. The summed E-state index contributed by atoms with van der Waals surface area (Å²) in [5.74, 6) is 1.41. The van der Waals surface area contributed by atoms with Gasteiger partial charge in [0.25, 0.3) is 0 Å². The van der Waals surface area contributed by atoms with Gasteiger partial charge in [-0.05, 0) is 54.1 Å². The molecule has 0 saturated heterocycles. The lowest BCUT2D eigenvalue weighted by atomic mass is 10.1. The maximum absolute atomic E-state index is 12.5. The molecule has 0 aliphatic heterocycles. The van der Waals surface area contributed by atoms with Gasteiger partial charge in [0.1, 0.15) is 11.6 Å². The van der Waals surface area contributed by atoms with E-state index in [1.165, 1.54) is 5.56 Å². The predicted molar refractivity (Wildman–Crippen MR) is 112 cm³/mol.